The van der Waals surface area contributed by atoms with Crippen LogP contribution < -0.4 is 5.32 Å². The molecule has 0 amide bonds. The van der Waals surface area contributed by atoms with Crippen molar-refractivity contribution in [2.75, 3.05) is 5.32 Å². The number of nitrogens with one attached hydrogen (secondary N) is 1. The second-order valence-electron chi connectivity index (χ2n) is 3.97. The Bertz CT molecular complexity index is 449. The lowest BCUT2D eigenvalue weighted by atomic mass is 10.1. The van der Waals surface area contributed by atoms with E-state index in [1.165, 1.54) is 0 Å². The number of benzene rings is 1. The molecule has 0 bridgehead atoms. The molecule has 1 aromatic rings. The zero-order valence-electron chi connectivity index (χ0n) is 10.0. The van der Waals surface area contributed by atoms with Gasteiger partial charge in [-0.25, -0.2) is 4.79 Å². The van der Waals surface area contributed by atoms with Gasteiger partial charge in [-0.3, -0.25) is 0 Å². The number of aliphatic carboxylic acids is 1. The number of carboxylic acids is 1. The van der Waals surface area contributed by atoms with E-state index in [9.17, 15) is 4.79 Å². The monoisotopic (exact) mass is 232 g/mol. The summed E-state index contributed by atoms with van der Waals surface area (Å²) in [5, 5.41) is 20.8. The highest BCUT2D eigenvalue weighted by molar-refractivity contribution is 5.77. The lowest BCUT2D eigenvalue weighted by Gasteiger charge is -2.15. The van der Waals surface area contributed by atoms with Gasteiger partial charge in [0.15, 0.2) is 0 Å². The van der Waals surface area contributed by atoms with Crippen molar-refractivity contribution in [3.05, 3.63) is 29.3 Å². The van der Waals surface area contributed by atoms with E-state index >= 15 is 0 Å². The first-order chi connectivity index (χ1) is 8.08. The van der Waals surface area contributed by atoms with Crippen LogP contribution >= 0.6 is 0 Å². The van der Waals surface area contributed by atoms with Crippen LogP contribution in [0.2, 0.25) is 0 Å². The van der Waals surface area contributed by atoms with Gasteiger partial charge in [0.2, 0.25) is 0 Å². The molecule has 1 unspecified atom stereocenters. The van der Waals surface area contributed by atoms with Gasteiger partial charge in [0.25, 0.3) is 0 Å². The van der Waals surface area contributed by atoms with Crippen LogP contribution in [0.25, 0.3) is 0 Å². The number of aryl methyl sites for hydroxylation is 1. The Morgan fingerprint density at radius 3 is 2.76 bits per heavy atom. The maximum Gasteiger partial charge on any atom is 0.326 e. The molecule has 4 heteroatoms. The van der Waals surface area contributed by atoms with Crippen LogP contribution in [-0.4, -0.2) is 17.1 Å². The molecule has 0 radical (unpaired) electrons. The largest absolute Gasteiger partial charge is 0.480 e. The highest BCUT2D eigenvalue weighted by Gasteiger charge is 2.15. The van der Waals surface area contributed by atoms with E-state index in [4.69, 9.17) is 10.4 Å². The lowest BCUT2D eigenvalue weighted by Crippen LogP contribution is -2.28. The minimum Gasteiger partial charge on any atom is -0.480 e. The van der Waals surface area contributed by atoms with Gasteiger partial charge in [-0.15, -0.1) is 0 Å². The molecule has 0 spiro atoms. The quantitative estimate of drug-likeness (QED) is 0.818. The Morgan fingerprint density at radius 1 is 1.59 bits per heavy atom. The van der Waals surface area contributed by atoms with Crippen molar-refractivity contribution in [1.82, 2.24) is 0 Å². The summed E-state index contributed by atoms with van der Waals surface area (Å²) < 4.78 is 0. The van der Waals surface area contributed by atoms with Crippen LogP contribution in [-0.2, 0) is 4.79 Å². The maximum atomic E-state index is 11.0. The summed E-state index contributed by atoms with van der Waals surface area (Å²) in [5.74, 6) is -0.853. The zero-order valence-corrected chi connectivity index (χ0v) is 10.0. The van der Waals surface area contributed by atoms with Gasteiger partial charge >= 0.3 is 5.97 Å². The first kappa shape index (κ1) is 13.0. The van der Waals surface area contributed by atoms with Crippen molar-refractivity contribution in [1.29, 1.82) is 5.26 Å². The third-order valence-electron chi connectivity index (χ3n) is 2.56. The molecule has 0 aliphatic rings. The normalized spacial score (nSPS) is 11.6. The van der Waals surface area contributed by atoms with E-state index in [0.29, 0.717) is 12.0 Å². The van der Waals surface area contributed by atoms with Gasteiger partial charge in [-0.2, -0.15) is 5.26 Å². The minimum absolute atomic E-state index is 0.577. The molecule has 1 aromatic carbocycles. The van der Waals surface area contributed by atoms with Crippen molar-refractivity contribution in [2.24, 2.45) is 0 Å². The molecule has 0 saturated heterocycles. The average Bonchev–Trinajstić information content (AvgIpc) is 2.28. The van der Waals surface area contributed by atoms with Crippen LogP contribution in [0.15, 0.2) is 18.2 Å². The first-order valence-electron chi connectivity index (χ1n) is 5.58. The maximum absolute atomic E-state index is 11.0. The highest BCUT2D eigenvalue weighted by atomic mass is 16.4. The molecule has 4 nitrogen and oxygen atoms in total. The number of hydrogen-bond acceptors (Lipinski definition) is 3. The minimum atomic E-state index is -0.853. The van der Waals surface area contributed by atoms with Crippen LogP contribution in [0.5, 0.6) is 0 Å². The number of nitriles is 1. The standard InChI is InChI=1S/C13H16N2O2/c1-3-4-12(13(16)17)15-11-6-5-10(8-14)9(2)7-11/h5-7,12,15H,3-4H2,1-2H3,(H,16,17). The number of hydrogen-bond donors (Lipinski definition) is 2. The van der Waals surface area contributed by atoms with Crippen LogP contribution in [0.1, 0.15) is 30.9 Å². The number of carbonyl (C=O) groups is 1. The first-order valence-corrected chi connectivity index (χ1v) is 5.58. The Balaban J connectivity index is 2.84. The molecule has 0 aromatic heterocycles. The molecule has 2 N–H and O–H groups in total. The smallest absolute Gasteiger partial charge is 0.326 e. The predicted molar refractivity (Wildman–Crippen MR) is 65.8 cm³/mol. The van der Waals surface area contributed by atoms with Crippen LogP contribution in [0, 0.1) is 18.3 Å². The Labute approximate surface area is 101 Å². The molecule has 0 aliphatic heterocycles. The van der Waals surface area contributed by atoms with E-state index in [-0.39, 0.29) is 0 Å². The van der Waals surface area contributed by atoms with E-state index in [1.807, 2.05) is 13.8 Å². The third-order valence-corrected chi connectivity index (χ3v) is 2.56. The Hall–Kier alpha value is -2.02. The van der Waals surface area contributed by atoms with Crippen LogP contribution in [0.3, 0.4) is 0 Å². The molecular weight excluding hydrogens is 216 g/mol. The number of anilines is 1. The Kier molecular flexibility index (Phi) is 4.53. The van der Waals surface area contributed by atoms with Gasteiger partial charge in [0.05, 0.1) is 11.6 Å². The topological polar surface area (TPSA) is 73.1 Å². The lowest BCUT2D eigenvalue weighted by molar-refractivity contribution is -0.138. The Morgan fingerprint density at radius 2 is 2.29 bits per heavy atom. The molecule has 17 heavy (non-hydrogen) atoms. The summed E-state index contributed by atoms with van der Waals surface area (Å²) in [6.07, 6.45) is 1.38. The summed E-state index contributed by atoms with van der Waals surface area (Å²) in [6.45, 7) is 3.78. The van der Waals surface area contributed by atoms with Crippen molar-refractivity contribution < 1.29 is 9.90 Å². The SMILES string of the molecule is CCCC(Nc1ccc(C#N)c(C)c1)C(=O)O. The number of rotatable bonds is 5. The second-order valence-corrected chi connectivity index (χ2v) is 3.97. The summed E-state index contributed by atoms with van der Waals surface area (Å²) in [5.41, 5.74) is 2.19. The summed E-state index contributed by atoms with van der Waals surface area (Å²) >= 11 is 0. The van der Waals surface area contributed by atoms with Gasteiger partial charge in [-0.05, 0) is 37.1 Å². The van der Waals surface area contributed by atoms with E-state index < -0.39 is 12.0 Å². The summed E-state index contributed by atoms with van der Waals surface area (Å²) in [7, 11) is 0. The molecule has 0 heterocycles. The molecule has 1 atom stereocenters. The molecule has 0 aliphatic carbocycles. The fourth-order valence-electron chi connectivity index (χ4n) is 1.63. The number of nitrogens with zero attached hydrogens (tertiary/aromatic N) is 1. The molecule has 0 saturated carbocycles. The van der Waals surface area contributed by atoms with Gasteiger partial charge < -0.3 is 10.4 Å². The third kappa shape index (κ3) is 3.49. The van der Waals surface area contributed by atoms with Crippen molar-refractivity contribution in [3.8, 4) is 6.07 Å². The number of carboxylic acid groups (broad SMARTS) is 1. The van der Waals surface area contributed by atoms with Crippen LogP contribution in [0.4, 0.5) is 5.69 Å². The fraction of sp³-hybridized carbons (Fsp3) is 0.385. The molecule has 0 fully saturated rings. The van der Waals surface area contributed by atoms with E-state index in [2.05, 4.69) is 11.4 Å². The van der Waals surface area contributed by atoms with Crippen molar-refractivity contribution in [3.63, 3.8) is 0 Å². The van der Waals surface area contributed by atoms with Gasteiger partial charge in [-0.1, -0.05) is 13.3 Å². The van der Waals surface area contributed by atoms with Gasteiger partial charge in [0, 0.05) is 5.69 Å². The fourth-order valence-corrected chi connectivity index (χ4v) is 1.63. The molecular formula is C13H16N2O2. The molecule has 1 rings (SSSR count). The van der Waals surface area contributed by atoms with E-state index in [0.717, 1.165) is 17.7 Å². The van der Waals surface area contributed by atoms with E-state index in [1.54, 1.807) is 18.2 Å². The average molecular weight is 232 g/mol. The summed E-state index contributed by atoms with van der Waals surface area (Å²) in [4.78, 5) is 11.0. The van der Waals surface area contributed by atoms with Crippen molar-refractivity contribution in [2.45, 2.75) is 32.7 Å². The van der Waals surface area contributed by atoms with Crippen molar-refractivity contribution >= 4 is 11.7 Å². The van der Waals surface area contributed by atoms with Gasteiger partial charge in [0.1, 0.15) is 6.04 Å². The highest BCUT2D eigenvalue weighted by Crippen LogP contribution is 2.16. The second kappa shape index (κ2) is 5.90. The summed E-state index contributed by atoms with van der Waals surface area (Å²) in [6, 6.07) is 6.73. The molecule has 90 valence electrons. The zero-order chi connectivity index (χ0) is 12.8. The predicted octanol–water partition coefficient (Wildman–Crippen LogP) is 2.53.